The van der Waals surface area contributed by atoms with Crippen LogP contribution in [0.15, 0.2) is 0 Å². The molecular formula is C9H16N2O. The third-order valence-corrected chi connectivity index (χ3v) is 2.79. The van der Waals surface area contributed by atoms with Crippen molar-refractivity contribution >= 4 is 5.91 Å². The largest absolute Gasteiger partial charge is 0.353 e. The average molecular weight is 168 g/mol. The molecule has 1 saturated carbocycles. The van der Waals surface area contributed by atoms with Crippen LogP contribution in [0, 0.1) is 5.92 Å². The van der Waals surface area contributed by atoms with E-state index in [1.54, 1.807) is 0 Å². The monoisotopic (exact) mass is 168 g/mol. The Bertz CT molecular complexity index is 189. The molecule has 2 aliphatic rings. The van der Waals surface area contributed by atoms with E-state index >= 15 is 0 Å². The Labute approximate surface area is 72.9 Å². The lowest BCUT2D eigenvalue weighted by atomic mass is 10.0. The van der Waals surface area contributed by atoms with Crippen LogP contribution in [-0.2, 0) is 4.79 Å². The lowest BCUT2D eigenvalue weighted by Crippen LogP contribution is -2.37. The number of amides is 1. The highest BCUT2D eigenvalue weighted by Gasteiger charge is 2.32. The predicted molar refractivity (Wildman–Crippen MR) is 46.7 cm³/mol. The molecule has 0 bridgehead atoms. The van der Waals surface area contributed by atoms with Gasteiger partial charge in [-0.2, -0.15) is 0 Å². The minimum absolute atomic E-state index is 0.214. The maximum absolute atomic E-state index is 11.6. The normalized spacial score (nSPS) is 35.1. The van der Waals surface area contributed by atoms with Gasteiger partial charge in [0.15, 0.2) is 0 Å². The molecule has 12 heavy (non-hydrogen) atoms. The maximum Gasteiger partial charge on any atom is 0.224 e. The number of carbonyl (C=O) groups excluding carboxylic acids is 1. The van der Waals surface area contributed by atoms with Crippen molar-refractivity contribution in [2.75, 3.05) is 6.54 Å². The van der Waals surface area contributed by atoms with Crippen molar-refractivity contribution in [2.24, 2.45) is 5.92 Å². The van der Waals surface area contributed by atoms with Gasteiger partial charge >= 0.3 is 0 Å². The molecule has 0 aromatic carbocycles. The summed E-state index contributed by atoms with van der Waals surface area (Å²) in [4.78, 5) is 11.6. The van der Waals surface area contributed by atoms with E-state index in [2.05, 4.69) is 17.6 Å². The van der Waals surface area contributed by atoms with Gasteiger partial charge in [0.2, 0.25) is 5.91 Å². The van der Waals surface area contributed by atoms with Crippen LogP contribution >= 0.6 is 0 Å². The van der Waals surface area contributed by atoms with Crippen molar-refractivity contribution in [2.45, 2.75) is 38.3 Å². The standard InChI is InChI=1S/C9H16N2O/c1-6-8(4-5-10-6)9(12)11-7-2-3-7/h6-8,10H,2-5H2,1H3,(H,11,12). The number of carbonyl (C=O) groups is 1. The summed E-state index contributed by atoms with van der Waals surface area (Å²) in [6.07, 6.45) is 3.36. The molecule has 2 atom stereocenters. The van der Waals surface area contributed by atoms with Gasteiger partial charge in [-0.3, -0.25) is 4.79 Å². The molecule has 0 aromatic heterocycles. The minimum atomic E-state index is 0.214. The molecular weight excluding hydrogens is 152 g/mol. The molecule has 2 fully saturated rings. The first-order valence-electron chi connectivity index (χ1n) is 4.81. The van der Waals surface area contributed by atoms with Crippen LogP contribution in [0.25, 0.3) is 0 Å². The molecule has 2 unspecified atom stereocenters. The Balaban J connectivity index is 1.84. The Morgan fingerprint density at radius 3 is 2.67 bits per heavy atom. The van der Waals surface area contributed by atoms with Crippen LogP contribution in [0.4, 0.5) is 0 Å². The van der Waals surface area contributed by atoms with E-state index in [0.717, 1.165) is 13.0 Å². The quantitative estimate of drug-likeness (QED) is 0.621. The van der Waals surface area contributed by atoms with Gasteiger partial charge in [0.05, 0.1) is 5.92 Å². The first kappa shape index (κ1) is 8.05. The van der Waals surface area contributed by atoms with E-state index in [1.165, 1.54) is 12.8 Å². The predicted octanol–water partition coefficient (Wildman–Crippen LogP) is 0.263. The van der Waals surface area contributed by atoms with Crippen LogP contribution < -0.4 is 10.6 Å². The van der Waals surface area contributed by atoms with Gasteiger partial charge in [-0.05, 0) is 32.7 Å². The molecule has 1 aliphatic heterocycles. The van der Waals surface area contributed by atoms with E-state index in [0.29, 0.717) is 12.1 Å². The lowest BCUT2D eigenvalue weighted by Gasteiger charge is -2.14. The number of hydrogen-bond acceptors (Lipinski definition) is 2. The number of hydrogen-bond donors (Lipinski definition) is 2. The fraction of sp³-hybridized carbons (Fsp3) is 0.889. The zero-order valence-corrected chi connectivity index (χ0v) is 7.47. The highest BCUT2D eigenvalue weighted by atomic mass is 16.2. The molecule has 3 heteroatoms. The summed E-state index contributed by atoms with van der Waals surface area (Å²) in [5.41, 5.74) is 0. The lowest BCUT2D eigenvalue weighted by molar-refractivity contribution is -0.125. The molecule has 3 nitrogen and oxygen atoms in total. The van der Waals surface area contributed by atoms with Crippen molar-refractivity contribution < 1.29 is 4.79 Å². The van der Waals surface area contributed by atoms with Gasteiger partial charge in [-0.1, -0.05) is 0 Å². The highest BCUT2D eigenvalue weighted by molar-refractivity contribution is 5.80. The van der Waals surface area contributed by atoms with Gasteiger partial charge in [0.1, 0.15) is 0 Å². The Kier molecular flexibility index (Phi) is 2.05. The van der Waals surface area contributed by atoms with Gasteiger partial charge in [0.25, 0.3) is 0 Å². The summed E-state index contributed by atoms with van der Waals surface area (Å²) in [7, 11) is 0. The number of nitrogens with one attached hydrogen (secondary N) is 2. The minimum Gasteiger partial charge on any atom is -0.353 e. The van der Waals surface area contributed by atoms with Crippen molar-refractivity contribution in [3.63, 3.8) is 0 Å². The first-order chi connectivity index (χ1) is 5.77. The van der Waals surface area contributed by atoms with Gasteiger partial charge in [-0.15, -0.1) is 0 Å². The fourth-order valence-corrected chi connectivity index (χ4v) is 1.75. The second kappa shape index (κ2) is 3.05. The third-order valence-electron chi connectivity index (χ3n) is 2.79. The molecule has 0 aromatic rings. The van der Waals surface area contributed by atoms with Gasteiger partial charge in [-0.25, -0.2) is 0 Å². The van der Waals surface area contributed by atoms with E-state index < -0.39 is 0 Å². The highest BCUT2D eigenvalue weighted by Crippen LogP contribution is 2.21. The Morgan fingerprint density at radius 1 is 1.42 bits per heavy atom. The Morgan fingerprint density at radius 2 is 2.17 bits per heavy atom. The van der Waals surface area contributed by atoms with Crippen LogP contribution in [0.5, 0.6) is 0 Å². The van der Waals surface area contributed by atoms with Crippen molar-refractivity contribution in [3.05, 3.63) is 0 Å². The fourth-order valence-electron chi connectivity index (χ4n) is 1.75. The van der Waals surface area contributed by atoms with Gasteiger partial charge in [0, 0.05) is 12.1 Å². The van der Waals surface area contributed by atoms with E-state index in [4.69, 9.17) is 0 Å². The summed E-state index contributed by atoms with van der Waals surface area (Å²) in [6, 6.07) is 0.869. The zero-order chi connectivity index (χ0) is 8.55. The molecule has 68 valence electrons. The molecule has 0 radical (unpaired) electrons. The second-order valence-electron chi connectivity index (χ2n) is 3.92. The molecule has 1 amide bonds. The molecule has 2 N–H and O–H groups in total. The molecule has 2 rings (SSSR count). The van der Waals surface area contributed by atoms with Crippen LogP contribution in [-0.4, -0.2) is 24.5 Å². The summed E-state index contributed by atoms with van der Waals surface area (Å²) in [6.45, 7) is 3.08. The van der Waals surface area contributed by atoms with Crippen LogP contribution in [0.2, 0.25) is 0 Å². The summed E-state index contributed by atoms with van der Waals surface area (Å²) in [5.74, 6) is 0.473. The van der Waals surface area contributed by atoms with Gasteiger partial charge < -0.3 is 10.6 Å². The van der Waals surface area contributed by atoms with E-state index in [-0.39, 0.29) is 11.8 Å². The smallest absolute Gasteiger partial charge is 0.224 e. The SMILES string of the molecule is CC1NCCC1C(=O)NC1CC1. The first-order valence-corrected chi connectivity index (χ1v) is 4.81. The van der Waals surface area contributed by atoms with Crippen LogP contribution in [0.3, 0.4) is 0 Å². The summed E-state index contributed by atoms with van der Waals surface area (Å²) >= 11 is 0. The van der Waals surface area contributed by atoms with Crippen molar-refractivity contribution in [1.82, 2.24) is 10.6 Å². The topological polar surface area (TPSA) is 41.1 Å². The molecule has 1 heterocycles. The molecule has 0 spiro atoms. The molecule has 1 aliphatic carbocycles. The maximum atomic E-state index is 11.6. The Hall–Kier alpha value is -0.570. The third kappa shape index (κ3) is 1.61. The summed E-state index contributed by atoms with van der Waals surface area (Å²) < 4.78 is 0. The second-order valence-corrected chi connectivity index (χ2v) is 3.92. The average Bonchev–Trinajstić information content (AvgIpc) is 2.72. The van der Waals surface area contributed by atoms with E-state index in [9.17, 15) is 4.79 Å². The number of rotatable bonds is 2. The zero-order valence-electron chi connectivity index (χ0n) is 7.47. The molecule has 1 saturated heterocycles. The summed E-state index contributed by atoms with van der Waals surface area (Å²) in [5, 5.41) is 6.33. The van der Waals surface area contributed by atoms with E-state index in [1.807, 2.05) is 0 Å². The van der Waals surface area contributed by atoms with Crippen LogP contribution in [0.1, 0.15) is 26.2 Å². The van der Waals surface area contributed by atoms with Crippen molar-refractivity contribution in [1.29, 1.82) is 0 Å². The van der Waals surface area contributed by atoms with Crippen molar-refractivity contribution in [3.8, 4) is 0 Å².